The first-order chi connectivity index (χ1) is 27.1. The zero-order chi connectivity index (χ0) is 38.4. The van der Waals surface area contributed by atoms with Gasteiger partial charge >= 0.3 is 0 Å². The van der Waals surface area contributed by atoms with Crippen LogP contribution in [0.2, 0.25) is 0 Å². The summed E-state index contributed by atoms with van der Waals surface area (Å²) < 4.78 is 11.2. The summed E-state index contributed by atoms with van der Waals surface area (Å²) in [6.45, 7) is 11.1. The highest BCUT2D eigenvalue weighted by molar-refractivity contribution is 6.10. The third kappa shape index (κ3) is 6.56. The van der Waals surface area contributed by atoms with Crippen LogP contribution in [0, 0.1) is 0 Å². The van der Waals surface area contributed by atoms with Crippen LogP contribution in [0.4, 0.5) is 0 Å². The molecule has 0 unspecified atom stereocenters. The van der Waals surface area contributed by atoms with Crippen molar-refractivity contribution in [1.82, 2.24) is 19.1 Å². The van der Waals surface area contributed by atoms with Crippen LogP contribution in [0.3, 0.4) is 0 Å². The molecule has 0 spiro atoms. The lowest BCUT2D eigenvalue weighted by atomic mass is 9.78. The lowest BCUT2D eigenvalue weighted by Crippen LogP contribution is -2.19. The van der Waals surface area contributed by atoms with Gasteiger partial charge in [-0.1, -0.05) is 132 Å². The molecule has 0 aliphatic heterocycles. The minimum absolute atomic E-state index is 0.0664. The second-order valence-corrected chi connectivity index (χ2v) is 16.1. The minimum atomic E-state index is -0.225. The number of rotatable bonds is 8. The number of imidazole rings is 1. The van der Waals surface area contributed by atoms with Crippen molar-refractivity contribution in [3.8, 4) is 45.3 Å². The SMILES string of the molecule is CC(C)(C)c1cn(-c2cc(Oc3ccc4c5cc(-c6ccccc6)ccc5n(-c5cc(C(C)(C)c6ccccc6)ccn5)c4c3)cc(-c3ccccc3)c2)cn1. The highest BCUT2D eigenvalue weighted by Gasteiger charge is 2.25. The number of hydrogen-bond donors (Lipinski definition) is 0. The summed E-state index contributed by atoms with van der Waals surface area (Å²) in [7, 11) is 0. The molecule has 0 atom stereocenters. The van der Waals surface area contributed by atoms with Gasteiger partial charge in [-0.15, -0.1) is 0 Å². The number of nitrogens with zero attached hydrogens (tertiary/aromatic N) is 4. The summed E-state index contributed by atoms with van der Waals surface area (Å²) >= 11 is 0. The minimum Gasteiger partial charge on any atom is -0.457 e. The Morgan fingerprint density at radius 2 is 1.20 bits per heavy atom. The van der Waals surface area contributed by atoms with Crippen LogP contribution in [-0.2, 0) is 10.8 Å². The van der Waals surface area contributed by atoms with E-state index in [-0.39, 0.29) is 10.8 Å². The van der Waals surface area contributed by atoms with Crippen molar-refractivity contribution in [2.24, 2.45) is 0 Å². The van der Waals surface area contributed by atoms with E-state index in [4.69, 9.17) is 14.7 Å². The lowest BCUT2D eigenvalue weighted by Gasteiger charge is -2.26. The standard InChI is InChI=1S/C51H44N4O/c1-50(2,3)48-33-54(34-53-48)41-27-38(36-17-11-7-12-18-36)28-43(31-41)56-42-22-23-44-45-29-37(35-15-9-6-10-16-35)21-24-46(45)55(47(44)32-42)49-30-40(25-26-52-49)51(4,5)39-19-13-8-14-20-39/h6-34H,1-5H3. The molecule has 9 aromatic rings. The average Bonchev–Trinajstić information content (AvgIpc) is 3.86. The first kappa shape index (κ1) is 35.0. The molecule has 0 aliphatic carbocycles. The van der Waals surface area contributed by atoms with Crippen molar-refractivity contribution in [2.45, 2.75) is 45.4 Å². The van der Waals surface area contributed by atoms with E-state index in [2.05, 4.69) is 202 Å². The molecule has 5 nitrogen and oxygen atoms in total. The van der Waals surface area contributed by atoms with Gasteiger partial charge in [0.2, 0.25) is 0 Å². The molecule has 0 amide bonds. The van der Waals surface area contributed by atoms with Gasteiger partial charge < -0.3 is 9.30 Å². The fourth-order valence-corrected chi connectivity index (χ4v) is 7.65. The Labute approximate surface area is 328 Å². The smallest absolute Gasteiger partial charge is 0.137 e. The molecule has 0 aliphatic rings. The Balaban J connectivity index is 1.19. The Morgan fingerprint density at radius 3 is 1.89 bits per heavy atom. The number of pyridine rings is 1. The van der Waals surface area contributed by atoms with Crippen LogP contribution < -0.4 is 4.74 Å². The molecule has 0 saturated carbocycles. The number of aromatic nitrogens is 4. The highest BCUT2D eigenvalue weighted by atomic mass is 16.5. The predicted molar refractivity (Wildman–Crippen MR) is 230 cm³/mol. The average molecular weight is 729 g/mol. The monoisotopic (exact) mass is 728 g/mol. The summed E-state index contributed by atoms with van der Waals surface area (Å²) in [5, 5.41) is 2.29. The molecule has 0 bridgehead atoms. The molecule has 9 rings (SSSR count). The van der Waals surface area contributed by atoms with E-state index in [1.165, 1.54) is 22.3 Å². The lowest BCUT2D eigenvalue weighted by molar-refractivity contribution is 0.483. The van der Waals surface area contributed by atoms with E-state index < -0.39 is 0 Å². The van der Waals surface area contributed by atoms with Crippen LogP contribution in [0.25, 0.3) is 55.6 Å². The van der Waals surface area contributed by atoms with Gasteiger partial charge in [0.05, 0.1) is 28.7 Å². The number of fused-ring (bicyclic) bond motifs is 3. The Morgan fingerprint density at radius 1 is 0.500 bits per heavy atom. The summed E-state index contributed by atoms with van der Waals surface area (Å²) in [5.41, 5.74) is 10.8. The largest absolute Gasteiger partial charge is 0.457 e. The fourth-order valence-electron chi connectivity index (χ4n) is 7.65. The molecule has 0 N–H and O–H groups in total. The maximum absolute atomic E-state index is 6.83. The van der Waals surface area contributed by atoms with Gasteiger partial charge in [-0.2, -0.15) is 0 Å². The van der Waals surface area contributed by atoms with Crippen LogP contribution in [0.15, 0.2) is 176 Å². The first-order valence-electron chi connectivity index (χ1n) is 19.2. The molecule has 3 heterocycles. The van der Waals surface area contributed by atoms with Gasteiger partial charge in [0.25, 0.3) is 0 Å². The molecule has 0 radical (unpaired) electrons. The molecule has 6 aromatic carbocycles. The molecular formula is C51H44N4O. The van der Waals surface area contributed by atoms with E-state index >= 15 is 0 Å². The molecule has 274 valence electrons. The highest BCUT2D eigenvalue weighted by Crippen LogP contribution is 2.39. The Kier molecular flexibility index (Phi) is 8.66. The molecule has 56 heavy (non-hydrogen) atoms. The Bertz CT molecular complexity index is 2830. The maximum Gasteiger partial charge on any atom is 0.137 e. The quantitative estimate of drug-likeness (QED) is 0.156. The van der Waals surface area contributed by atoms with Crippen LogP contribution in [0.5, 0.6) is 11.5 Å². The maximum atomic E-state index is 6.83. The second kappa shape index (κ2) is 13.8. The van der Waals surface area contributed by atoms with Crippen molar-refractivity contribution in [3.63, 3.8) is 0 Å². The number of benzene rings is 6. The van der Waals surface area contributed by atoms with Crippen molar-refractivity contribution in [3.05, 3.63) is 193 Å². The van der Waals surface area contributed by atoms with Crippen molar-refractivity contribution in [1.29, 1.82) is 0 Å². The summed E-state index contributed by atoms with van der Waals surface area (Å²) in [6, 6.07) is 55.6. The summed E-state index contributed by atoms with van der Waals surface area (Å²) in [5.74, 6) is 2.34. The van der Waals surface area contributed by atoms with Gasteiger partial charge in [0.1, 0.15) is 17.3 Å². The molecule has 5 heteroatoms. The number of ether oxygens (including phenoxy) is 1. The van der Waals surface area contributed by atoms with Gasteiger partial charge in [0, 0.05) is 46.1 Å². The summed E-state index contributed by atoms with van der Waals surface area (Å²) in [6.07, 6.45) is 5.94. The van der Waals surface area contributed by atoms with Gasteiger partial charge in [0.15, 0.2) is 0 Å². The van der Waals surface area contributed by atoms with Crippen LogP contribution in [0.1, 0.15) is 51.4 Å². The molecular weight excluding hydrogens is 685 g/mol. The van der Waals surface area contributed by atoms with Crippen LogP contribution >= 0.6 is 0 Å². The predicted octanol–water partition coefficient (Wildman–Crippen LogP) is 13.1. The topological polar surface area (TPSA) is 44.9 Å². The van der Waals surface area contributed by atoms with Crippen LogP contribution in [-0.4, -0.2) is 19.1 Å². The third-order valence-electron chi connectivity index (χ3n) is 10.9. The second-order valence-electron chi connectivity index (χ2n) is 16.1. The van der Waals surface area contributed by atoms with Gasteiger partial charge in [-0.05, 0) is 81.9 Å². The van der Waals surface area contributed by atoms with Gasteiger partial charge in [-0.3, -0.25) is 4.57 Å². The van der Waals surface area contributed by atoms with Crippen molar-refractivity contribution in [2.75, 3.05) is 0 Å². The van der Waals surface area contributed by atoms with E-state index in [0.717, 1.165) is 61.6 Å². The van der Waals surface area contributed by atoms with E-state index in [0.29, 0.717) is 0 Å². The third-order valence-corrected chi connectivity index (χ3v) is 10.9. The zero-order valence-corrected chi connectivity index (χ0v) is 32.4. The normalized spacial score (nSPS) is 12.0. The molecule has 3 aromatic heterocycles. The molecule has 0 fully saturated rings. The van der Waals surface area contributed by atoms with E-state index in [1.807, 2.05) is 18.6 Å². The molecule has 0 saturated heterocycles. The zero-order valence-electron chi connectivity index (χ0n) is 32.4. The number of hydrogen-bond acceptors (Lipinski definition) is 3. The van der Waals surface area contributed by atoms with Gasteiger partial charge in [-0.25, -0.2) is 9.97 Å². The summed E-state index contributed by atoms with van der Waals surface area (Å²) in [4.78, 5) is 9.76. The first-order valence-corrected chi connectivity index (χ1v) is 19.2. The van der Waals surface area contributed by atoms with Crippen molar-refractivity contribution < 1.29 is 4.74 Å². The van der Waals surface area contributed by atoms with E-state index in [9.17, 15) is 0 Å². The van der Waals surface area contributed by atoms with E-state index in [1.54, 1.807) is 0 Å². The fraction of sp³-hybridized carbons (Fsp3) is 0.137. The Hall–Kier alpha value is -6.72. The van der Waals surface area contributed by atoms with Crippen molar-refractivity contribution >= 4 is 21.8 Å².